The van der Waals surface area contributed by atoms with Gasteiger partial charge in [0, 0.05) is 17.6 Å². The zero-order valence-electron chi connectivity index (χ0n) is 12.0. The van der Waals surface area contributed by atoms with Crippen molar-refractivity contribution in [1.29, 1.82) is 0 Å². The van der Waals surface area contributed by atoms with E-state index >= 15 is 0 Å². The first-order valence-corrected chi connectivity index (χ1v) is 6.89. The predicted molar refractivity (Wildman–Crippen MR) is 74.5 cm³/mol. The third-order valence-corrected chi connectivity index (χ3v) is 3.80. The highest BCUT2D eigenvalue weighted by atomic mass is 16.4. The van der Waals surface area contributed by atoms with Crippen LogP contribution in [0.25, 0.3) is 0 Å². The van der Waals surface area contributed by atoms with Crippen LogP contribution < -0.4 is 15.5 Å². The van der Waals surface area contributed by atoms with E-state index in [2.05, 4.69) is 5.32 Å². The van der Waals surface area contributed by atoms with E-state index in [9.17, 15) is 24.6 Å². The Morgan fingerprint density at radius 1 is 1.09 bits per heavy atom. The van der Waals surface area contributed by atoms with E-state index in [4.69, 9.17) is 0 Å². The molecule has 0 bridgehead atoms. The van der Waals surface area contributed by atoms with E-state index in [-0.39, 0.29) is 12.0 Å². The van der Waals surface area contributed by atoms with Crippen molar-refractivity contribution < 1.29 is 24.6 Å². The third-order valence-electron chi connectivity index (χ3n) is 3.80. The molecule has 0 saturated heterocycles. The normalized spacial score (nSPS) is 20.4. The van der Waals surface area contributed by atoms with Gasteiger partial charge in [0.2, 0.25) is 5.91 Å². The zero-order chi connectivity index (χ0) is 16.3. The van der Waals surface area contributed by atoms with Gasteiger partial charge < -0.3 is 25.1 Å². The van der Waals surface area contributed by atoms with Gasteiger partial charge in [-0.2, -0.15) is 0 Å². The Morgan fingerprint density at radius 3 is 2.32 bits per heavy atom. The maximum absolute atomic E-state index is 12.3. The Bertz CT molecular complexity index is 650. The highest BCUT2D eigenvalue weighted by Crippen LogP contribution is 2.27. The van der Waals surface area contributed by atoms with Gasteiger partial charge in [-0.3, -0.25) is 4.79 Å². The third kappa shape index (κ3) is 3.33. The summed E-state index contributed by atoms with van der Waals surface area (Å²) < 4.78 is 0. The molecular weight excluding hydrogens is 286 g/mol. The maximum atomic E-state index is 12.3. The van der Waals surface area contributed by atoms with E-state index in [0.717, 1.165) is 0 Å². The molecule has 6 heteroatoms. The van der Waals surface area contributed by atoms with Crippen LogP contribution in [0.5, 0.6) is 0 Å². The summed E-state index contributed by atoms with van der Waals surface area (Å²) in [6, 6.07) is 4.24. The minimum absolute atomic E-state index is 0.0547. The van der Waals surface area contributed by atoms with E-state index in [0.29, 0.717) is 17.7 Å². The highest BCUT2D eigenvalue weighted by Gasteiger charge is 2.30. The van der Waals surface area contributed by atoms with Crippen LogP contribution in [-0.4, -0.2) is 17.8 Å². The van der Waals surface area contributed by atoms with Crippen molar-refractivity contribution in [2.45, 2.75) is 19.8 Å². The standard InChI is InChI=1S/C16H17NO5/c1-9-6-7-10(15(19)20)8-13(9)17-14(18)11-4-2-3-5-12(11)16(21)22/h2-3,6-8,11-12H,4-5H2,1H3,(H,17,18)(H,19,20)(H,21,22)/p-2/t11-,12+/m0/s1. The summed E-state index contributed by atoms with van der Waals surface area (Å²) in [5, 5.41) is 24.6. The average molecular weight is 301 g/mol. The van der Waals surface area contributed by atoms with Gasteiger partial charge in [-0.15, -0.1) is 0 Å². The van der Waals surface area contributed by atoms with E-state index < -0.39 is 29.7 Å². The van der Waals surface area contributed by atoms with Crippen LogP contribution in [0.1, 0.15) is 28.8 Å². The van der Waals surface area contributed by atoms with Crippen molar-refractivity contribution in [2.75, 3.05) is 5.32 Å². The molecule has 22 heavy (non-hydrogen) atoms. The number of carboxylic acids is 2. The Hall–Kier alpha value is -2.63. The molecule has 1 aromatic rings. The number of carbonyl (C=O) groups excluding carboxylic acids is 3. The summed E-state index contributed by atoms with van der Waals surface area (Å²) in [6.45, 7) is 1.71. The van der Waals surface area contributed by atoms with Gasteiger partial charge in [-0.25, -0.2) is 0 Å². The van der Waals surface area contributed by atoms with Crippen molar-refractivity contribution >= 4 is 23.5 Å². The van der Waals surface area contributed by atoms with E-state index in [1.807, 2.05) is 0 Å². The van der Waals surface area contributed by atoms with Gasteiger partial charge in [0.1, 0.15) is 0 Å². The largest absolute Gasteiger partial charge is 0.550 e. The second-order valence-corrected chi connectivity index (χ2v) is 5.28. The molecule has 0 unspecified atom stereocenters. The van der Waals surface area contributed by atoms with Crippen LogP contribution in [0, 0.1) is 18.8 Å². The summed E-state index contributed by atoms with van der Waals surface area (Å²) in [4.78, 5) is 34.3. The number of hydrogen-bond donors (Lipinski definition) is 1. The average Bonchev–Trinajstić information content (AvgIpc) is 2.49. The number of aliphatic carboxylic acids is 1. The topological polar surface area (TPSA) is 109 Å². The molecule has 1 aromatic carbocycles. The van der Waals surface area contributed by atoms with Crippen LogP contribution >= 0.6 is 0 Å². The fourth-order valence-electron chi connectivity index (χ4n) is 2.47. The number of aryl methyl sites for hydroxylation is 1. The molecule has 0 fully saturated rings. The van der Waals surface area contributed by atoms with Gasteiger partial charge in [-0.1, -0.05) is 24.3 Å². The van der Waals surface area contributed by atoms with Gasteiger partial charge >= 0.3 is 0 Å². The number of hydrogen-bond acceptors (Lipinski definition) is 5. The first-order chi connectivity index (χ1) is 10.4. The summed E-state index contributed by atoms with van der Waals surface area (Å²) in [5.41, 5.74) is 0.953. The molecule has 0 heterocycles. The minimum Gasteiger partial charge on any atom is -0.550 e. The molecule has 0 aromatic heterocycles. The van der Waals surface area contributed by atoms with E-state index in [1.54, 1.807) is 25.1 Å². The molecule has 6 nitrogen and oxygen atoms in total. The number of allylic oxidation sites excluding steroid dienone is 2. The fraction of sp³-hybridized carbons (Fsp3) is 0.312. The van der Waals surface area contributed by atoms with Crippen LogP contribution in [0.4, 0.5) is 5.69 Å². The lowest BCUT2D eigenvalue weighted by atomic mass is 9.82. The zero-order valence-corrected chi connectivity index (χ0v) is 12.0. The van der Waals surface area contributed by atoms with Crippen molar-refractivity contribution in [3.05, 3.63) is 41.5 Å². The molecule has 1 aliphatic carbocycles. The number of nitrogens with one attached hydrogen (secondary N) is 1. The smallest absolute Gasteiger partial charge is 0.228 e. The number of rotatable bonds is 4. The van der Waals surface area contributed by atoms with Crippen LogP contribution in [0.2, 0.25) is 0 Å². The first kappa shape index (κ1) is 15.8. The van der Waals surface area contributed by atoms with Crippen molar-refractivity contribution in [2.24, 2.45) is 11.8 Å². The summed E-state index contributed by atoms with van der Waals surface area (Å²) in [5.74, 6) is -4.68. The summed E-state index contributed by atoms with van der Waals surface area (Å²) in [6.07, 6.45) is 4.03. The Morgan fingerprint density at radius 2 is 1.73 bits per heavy atom. The first-order valence-electron chi connectivity index (χ1n) is 6.89. The lowest BCUT2D eigenvalue weighted by molar-refractivity contribution is -0.313. The molecule has 2 rings (SSSR count). The van der Waals surface area contributed by atoms with Gasteiger partial charge in [0.25, 0.3) is 0 Å². The molecule has 0 spiro atoms. The molecule has 1 aliphatic rings. The lowest BCUT2D eigenvalue weighted by Gasteiger charge is -2.28. The maximum Gasteiger partial charge on any atom is 0.228 e. The second kappa shape index (κ2) is 6.43. The van der Waals surface area contributed by atoms with Crippen molar-refractivity contribution in [3.8, 4) is 0 Å². The van der Waals surface area contributed by atoms with Crippen LogP contribution in [0.15, 0.2) is 30.4 Å². The lowest BCUT2D eigenvalue weighted by Crippen LogP contribution is -2.41. The predicted octanol–water partition coefficient (Wildman–Crippen LogP) is -0.371. The van der Waals surface area contributed by atoms with Crippen LogP contribution in [-0.2, 0) is 9.59 Å². The Kier molecular flexibility index (Phi) is 4.60. The van der Waals surface area contributed by atoms with Gasteiger partial charge in [-0.05, 0) is 37.0 Å². The Labute approximate surface area is 127 Å². The molecule has 0 saturated carbocycles. The van der Waals surface area contributed by atoms with Crippen molar-refractivity contribution in [3.63, 3.8) is 0 Å². The highest BCUT2D eigenvalue weighted by molar-refractivity contribution is 5.97. The molecule has 0 radical (unpaired) electrons. The van der Waals surface area contributed by atoms with Gasteiger partial charge in [0.15, 0.2) is 0 Å². The molecular formula is C16H15NO5-2. The number of anilines is 1. The summed E-state index contributed by atoms with van der Waals surface area (Å²) in [7, 11) is 0. The SMILES string of the molecule is Cc1ccc(C(=O)[O-])cc1NC(=O)[C@H]1CC=CC[C@H]1C(=O)[O-]. The molecule has 1 N–H and O–H groups in total. The summed E-state index contributed by atoms with van der Waals surface area (Å²) >= 11 is 0. The second-order valence-electron chi connectivity index (χ2n) is 5.28. The van der Waals surface area contributed by atoms with Gasteiger partial charge in [0.05, 0.1) is 11.9 Å². The molecule has 2 atom stereocenters. The minimum atomic E-state index is -1.34. The number of carboxylic acid groups (broad SMARTS) is 2. The van der Waals surface area contributed by atoms with E-state index in [1.165, 1.54) is 12.1 Å². The number of benzene rings is 1. The molecule has 0 aliphatic heterocycles. The quantitative estimate of drug-likeness (QED) is 0.763. The molecule has 1 amide bonds. The van der Waals surface area contributed by atoms with Crippen LogP contribution in [0.3, 0.4) is 0 Å². The molecule has 116 valence electrons. The monoisotopic (exact) mass is 301 g/mol. The Balaban J connectivity index is 2.21. The fourth-order valence-corrected chi connectivity index (χ4v) is 2.47. The number of amides is 1. The number of aromatic carboxylic acids is 1. The number of carbonyl (C=O) groups is 3. The van der Waals surface area contributed by atoms with Crippen molar-refractivity contribution in [1.82, 2.24) is 0 Å².